The van der Waals surface area contributed by atoms with E-state index in [2.05, 4.69) is 5.32 Å². The number of nitrogens with one attached hydrogen (secondary N) is 1. The Labute approximate surface area is 162 Å². The number of amides is 1. The zero-order valence-corrected chi connectivity index (χ0v) is 16.1. The molecule has 0 saturated carbocycles. The second kappa shape index (κ2) is 9.07. The van der Waals surface area contributed by atoms with Gasteiger partial charge in [0.2, 0.25) is 0 Å². The number of ether oxygens (including phenoxy) is 4. The minimum atomic E-state index is -1.37. The third-order valence-corrected chi connectivity index (χ3v) is 3.70. The zero-order chi connectivity index (χ0) is 20.7. The van der Waals surface area contributed by atoms with Gasteiger partial charge >= 0.3 is 5.97 Å². The third kappa shape index (κ3) is 5.60. The maximum Gasteiger partial charge on any atom is 0.350 e. The number of rotatable bonds is 8. The molecule has 0 fully saturated rings. The standard InChI is InChI=1S/C20H22FNO6/c1-20(2,28-14-7-5-13(21)6-8-14)19(24)27-12-18(23)22-16-10-9-15(25-3)11-17(16)26-4/h5-11H,12H2,1-4H3,(H,22,23). The summed E-state index contributed by atoms with van der Waals surface area (Å²) in [6.45, 7) is 2.47. The lowest BCUT2D eigenvalue weighted by Crippen LogP contribution is -2.41. The first kappa shape index (κ1) is 21.0. The molecule has 0 aliphatic rings. The zero-order valence-electron chi connectivity index (χ0n) is 16.1. The van der Waals surface area contributed by atoms with Gasteiger partial charge in [-0.05, 0) is 50.2 Å². The summed E-state index contributed by atoms with van der Waals surface area (Å²) in [6.07, 6.45) is 0. The summed E-state index contributed by atoms with van der Waals surface area (Å²) in [4.78, 5) is 24.4. The van der Waals surface area contributed by atoms with Gasteiger partial charge in [-0.3, -0.25) is 4.79 Å². The minimum absolute atomic E-state index is 0.302. The Balaban J connectivity index is 1.92. The molecule has 0 heterocycles. The first-order chi connectivity index (χ1) is 13.2. The summed E-state index contributed by atoms with van der Waals surface area (Å²) in [6, 6.07) is 10.1. The minimum Gasteiger partial charge on any atom is -0.497 e. The van der Waals surface area contributed by atoms with E-state index >= 15 is 0 Å². The van der Waals surface area contributed by atoms with Gasteiger partial charge in [0.25, 0.3) is 5.91 Å². The van der Waals surface area contributed by atoms with E-state index in [1.807, 2.05) is 0 Å². The van der Waals surface area contributed by atoms with Crippen molar-refractivity contribution in [2.75, 3.05) is 26.1 Å². The smallest absolute Gasteiger partial charge is 0.350 e. The van der Waals surface area contributed by atoms with Crippen LogP contribution in [0.1, 0.15) is 13.8 Å². The number of hydrogen-bond donors (Lipinski definition) is 1. The number of methoxy groups -OCH3 is 2. The second-order valence-corrected chi connectivity index (χ2v) is 6.26. The van der Waals surface area contributed by atoms with Crippen molar-refractivity contribution in [3.8, 4) is 17.2 Å². The molecule has 7 nitrogen and oxygen atoms in total. The van der Waals surface area contributed by atoms with E-state index in [0.717, 1.165) is 0 Å². The van der Waals surface area contributed by atoms with Crippen molar-refractivity contribution in [1.29, 1.82) is 0 Å². The molecular weight excluding hydrogens is 369 g/mol. The number of carbonyl (C=O) groups is 2. The van der Waals surface area contributed by atoms with E-state index in [0.29, 0.717) is 22.9 Å². The summed E-state index contributed by atoms with van der Waals surface area (Å²) < 4.78 is 33.8. The number of hydrogen-bond acceptors (Lipinski definition) is 6. The van der Waals surface area contributed by atoms with Crippen LogP contribution in [0.5, 0.6) is 17.2 Å². The van der Waals surface area contributed by atoms with Crippen LogP contribution in [0.15, 0.2) is 42.5 Å². The van der Waals surface area contributed by atoms with Crippen LogP contribution in [0.2, 0.25) is 0 Å². The molecule has 2 rings (SSSR count). The van der Waals surface area contributed by atoms with Gasteiger partial charge in [0.15, 0.2) is 12.2 Å². The van der Waals surface area contributed by atoms with Crippen molar-refractivity contribution >= 4 is 17.6 Å². The van der Waals surface area contributed by atoms with Gasteiger partial charge in [-0.25, -0.2) is 9.18 Å². The Morgan fingerprint density at radius 2 is 1.64 bits per heavy atom. The predicted molar refractivity (Wildman–Crippen MR) is 100 cm³/mol. The van der Waals surface area contributed by atoms with E-state index in [1.165, 1.54) is 52.3 Å². The monoisotopic (exact) mass is 391 g/mol. The molecule has 0 spiro atoms. The maximum atomic E-state index is 13.0. The Morgan fingerprint density at radius 3 is 2.25 bits per heavy atom. The van der Waals surface area contributed by atoms with Crippen LogP contribution < -0.4 is 19.5 Å². The number of anilines is 1. The number of halogens is 1. The summed E-state index contributed by atoms with van der Waals surface area (Å²) in [5.74, 6) is -0.433. The molecule has 0 radical (unpaired) electrons. The molecule has 1 amide bonds. The van der Waals surface area contributed by atoms with Crippen LogP contribution in [0.4, 0.5) is 10.1 Å². The van der Waals surface area contributed by atoms with Crippen molar-refractivity contribution in [3.05, 3.63) is 48.3 Å². The first-order valence-electron chi connectivity index (χ1n) is 8.39. The van der Waals surface area contributed by atoms with Gasteiger partial charge in [0.05, 0.1) is 19.9 Å². The summed E-state index contributed by atoms with van der Waals surface area (Å²) in [5, 5.41) is 2.60. The van der Waals surface area contributed by atoms with E-state index < -0.39 is 29.9 Å². The lowest BCUT2D eigenvalue weighted by atomic mass is 10.1. The van der Waals surface area contributed by atoms with Crippen molar-refractivity contribution in [1.82, 2.24) is 0 Å². The molecule has 2 aromatic rings. The molecule has 0 aliphatic carbocycles. The number of carbonyl (C=O) groups excluding carboxylic acids is 2. The van der Waals surface area contributed by atoms with Crippen LogP contribution in [-0.2, 0) is 14.3 Å². The van der Waals surface area contributed by atoms with Gasteiger partial charge in [-0.1, -0.05) is 0 Å². The maximum absolute atomic E-state index is 13.0. The average Bonchev–Trinajstić information content (AvgIpc) is 2.68. The molecule has 0 aliphatic heterocycles. The van der Waals surface area contributed by atoms with Gasteiger partial charge < -0.3 is 24.3 Å². The van der Waals surface area contributed by atoms with Crippen molar-refractivity contribution < 1.29 is 32.9 Å². The molecule has 0 aromatic heterocycles. The third-order valence-electron chi connectivity index (χ3n) is 3.70. The van der Waals surface area contributed by atoms with Crippen molar-refractivity contribution in [2.45, 2.75) is 19.4 Å². The fraction of sp³-hybridized carbons (Fsp3) is 0.300. The van der Waals surface area contributed by atoms with E-state index in [9.17, 15) is 14.0 Å². The normalized spacial score (nSPS) is 10.8. The first-order valence-corrected chi connectivity index (χ1v) is 8.39. The Hall–Kier alpha value is -3.29. The highest BCUT2D eigenvalue weighted by Gasteiger charge is 2.32. The molecule has 0 unspecified atom stereocenters. The van der Waals surface area contributed by atoms with Crippen LogP contribution in [-0.4, -0.2) is 38.3 Å². The highest BCUT2D eigenvalue weighted by Crippen LogP contribution is 2.29. The molecule has 1 N–H and O–H groups in total. The van der Waals surface area contributed by atoms with E-state index in [4.69, 9.17) is 18.9 Å². The van der Waals surface area contributed by atoms with Crippen LogP contribution in [0, 0.1) is 5.82 Å². The van der Waals surface area contributed by atoms with Crippen molar-refractivity contribution in [3.63, 3.8) is 0 Å². The Bertz CT molecular complexity index is 835. The van der Waals surface area contributed by atoms with Crippen LogP contribution in [0.3, 0.4) is 0 Å². The molecule has 0 saturated heterocycles. The van der Waals surface area contributed by atoms with Gasteiger partial charge in [0.1, 0.15) is 23.1 Å². The van der Waals surface area contributed by atoms with Gasteiger partial charge in [-0.15, -0.1) is 0 Å². The molecule has 150 valence electrons. The summed E-state index contributed by atoms with van der Waals surface area (Å²) in [7, 11) is 2.97. The molecule has 0 bridgehead atoms. The van der Waals surface area contributed by atoms with Gasteiger partial charge in [0, 0.05) is 6.07 Å². The van der Waals surface area contributed by atoms with E-state index in [1.54, 1.807) is 18.2 Å². The molecule has 8 heteroatoms. The fourth-order valence-electron chi connectivity index (χ4n) is 2.23. The largest absolute Gasteiger partial charge is 0.497 e. The lowest BCUT2D eigenvalue weighted by molar-refractivity contribution is -0.161. The van der Waals surface area contributed by atoms with Crippen molar-refractivity contribution in [2.24, 2.45) is 0 Å². The lowest BCUT2D eigenvalue weighted by Gasteiger charge is -2.24. The summed E-state index contributed by atoms with van der Waals surface area (Å²) >= 11 is 0. The fourth-order valence-corrected chi connectivity index (χ4v) is 2.23. The highest BCUT2D eigenvalue weighted by atomic mass is 19.1. The Morgan fingerprint density at radius 1 is 1.00 bits per heavy atom. The average molecular weight is 391 g/mol. The quantitative estimate of drug-likeness (QED) is 0.696. The number of esters is 1. The molecule has 2 aromatic carbocycles. The SMILES string of the molecule is COc1ccc(NC(=O)COC(=O)C(C)(C)Oc2ccc(F)cc2)c(OC)c1. The topological polar surface area (TPSA) is 83.1 Å². The summed E-state index contributed by atoms with van der Waals surface area (Å²) in [5.41, 5.74) is -0.957. The van der Waals surface area contributed by atoms with Crippen LogP contribution in [0.25, 0.3) is 0 Å². The van der Waals surface area contributed by atoms with Gasteiger partial charge in [-0.2, -0.15) is 0 Å². The molecular formula is C20H22FNO6. The molecule has 28 heavy (non-hydrogen) atoms. The molecule has 0 atom stereocenters. The number of benzene rings is 2. The second-order valence-electron chi connectivity index (χ2n) is 6.26. The van der Waals surface area contributed by atoms with E-state index in [-0.39, 0.29) is 0 Å². The van der Waals surface area contributed by atoms with Crippen LogP contribution >= 0.6 is 0 Å². The predicted octanol–water partition coefficient (Wildman–Crippen LogP) is 3.18. The Kier molecular flexibility index (Phi) is 6.81. The highest BCUT2D eigenvalue weighted by molar-refractivity contribution is 5.94.